The number of pyridine rings is 1. The lowest BCUT2D eigenvalue weighted by Gasteiger charge is -2.08. The number of aromatic nitrogens is 1. The van der Waals surface area contributed by atoms with E-state index >= 15 is 0 Å². The summed E-state index contributed by atoms with van der Waals surface area (Å²) in [6, 6.07) is 10.1. The number of carbonyl (C=O) groups is 1. The number of hydrogen-bond acceptors (Lipinski definition) is 5. The van der Waals surface area contributed by atoms with Crippen molar-refractivity contribution in [1.29, 1.82) is 5.26 Å². The van der Waals surface area contributed by atoms with Crippen molar-refractivity contribution in [1.82, 2.24) is 4.98 Å². The molecule has 1 aromatic carbocycles. The van der Waals surface area contributed by atoms with Gasteiger partial charge in [-0.3, -0.25) is 4.98 Å². The van der Waals surface area contributed by atoms with Crippen molar-refractivity contribution in [3.8, 4) is 17.6 Å². The summed E-state index contributed by atoms with van der Waals surface area (Å²) in [5, 5.41) is 17.5. The number of nitrogens with zero attached hydrogens (tertiary/aromatic N) is 2. The zero-order chi connectivity index (χ0) is 15.1. The summed E-state index contributed by atoms with van der Waals surface area (Å²) < 4.78 is 10.8. The van der Waals surface area contributed by atoms with Gasteiger partial charge in [0.25, 0.3) is 0 Å². The molecule has 1 heterocycles. The first-order valence-electron chi connectivity index (χ1n) is 6.13. The highest BCUT2D eigenvalue weighted by molar-refractivity contribution is 5.87. The second-order valence-corrected chi connectivity index (χ2v) is 4.05. The quantitative estimate of drug-likeness (QED) is 0.817. The molecular weight excluding hydrogens is 272 g/mol. The lowest BCUT2D eigenvalue weighted by molar-refractivity contribution is 0.0696. The maximum absolute atomic E-state index is 10.8. The second kappa shape index (κ2) is 6.91. The highest BCUT2D eigenvalue weighted by atomic mass is 16.5. The summed E-state index contributed by atoms with van der Waals surface area (Å²) in [5.74, 6) is -0.0462. The van der Waals surface area contributed by atoms with Gasteiger partial charge in [0, 0.05) is 6.20 Å². The molecule has 0 fully saturated rings. The first-order valence-corrected chi connectivity index (χ1v) is 6.13. The van der Waals surface area contributed by atoms with Crippen LogP contribution in [0, 0.1) is 11.3 Å². The fourth-order valence-electron chi connectivity index (χ4n) is 1.56. The Labute approximate surface area is 121 Å². The summed E-state index contributed by atoms with van der Waals surface area (Å²) in [6.45, 7) is 0.550. The fourth-order valence-corrected chi connectivity index (χ4v) is 1.56. The highest BCUT2D eigenvalue weighted by Crippen LogP contribution is 2.13. The van der Waals surface area contributed by atoms with Crippen molar-refractivity contribution in [2.75, 3.05) is 13.2 Å². The minimum Gasteiger partial charge on any atom is -0.490 e. The van der Waals surface area contributed by atoms with Crippen molar-refractivity contribution in [3.63, 3.8) is 0 Å². The molecule has 0 saturated heterocycles. The first-order chi connectivity index (χ1) is 10.2. The normalized spacial score (nSPS) is 9.67. The van der Waals surface area contributed by atoms with E-state index in [4.69, 9.17) is 19.8 Å². The van der Waals surface area contributed by atoms with E-state index in [1.807, 2.05) is 6.07 Å². The summed E-state index contributed by atoms with van der Waals surface area (Å²) >= 11 is 0. The molecule has 0 aliphatic heterocycles. The smallest absolute Gasteiger partial charge is 0.337 e. The summed E-state index contributed by atoms with van der Waals surface area (Å²) in [7, 11) is 0. The molecule has 106 valence electrons. The standard InChI is InChI=1S/C15H12N2O4/c16-8-11-1-3-13(4-2-11)20-5-6-21-14-7-12(15(18)19)9-17-10-14/h1-4,7,9-10H,5-6H2,(H,18,19). The van der Waals surface area contributed by atoms with Crippen molar-refractivity contribution in [2.45, 2.75) is 0 Å². The molecule has 0 unspecified atom stereocenters. The van der Waals surface area contributed by atoms with Gasteiger partial charge in [0.2, 0.25) is 0 Å². The molecule has 0 spiro atoms. The number of benzene rings is 1. The second-order valence-electron chi connectivity index (χ2n) is 4.05. The molecule has 21 heavy (non-hydrogen) atoms. The molecule has 6 heteroatoms. The molecule has 0 saturated carbocycles. The zero-order valence-electron chi connectivity index (χ0n) is 11.0. The van der Waals surface area contributed by atoms with Crippen LogP contribution in [0.25, 0.3) is 0 Å². The van der Waals surface area contributed by atoms with E-state index in [0.717, 1.165) is 0 Å². The van der Waals surface area contributed by atoms with E-state index in [-0.39, 0.29) is 12.2 Å². The van der Waals surface area contributed by atoms with Gasteiger partial charge in [0.05, 0.1) is 23.4 Å². The Morgan fingerprint density at radius 2 is 1.81 bits per heavy atom. The Morgan fingerprint density at radius 1 is 1.14 bits per heavy atom. The summed E-state index contributed by atoms with van der Waals surface area (Å²) in [6.07, 6.45) is 2.69. The number of nitriles is 1. The lowest BCUT2D eigenvalue weighted by atomic mass is 10.2. The predicted molar refractivity (Wildman–Crippen MR) is 73.3 cm³/mol. The van der Waals surface area contributed by atoms with Gasteiger partial charge in [-0.25, -0.2) is 4.79 Å². The number of carboxylic acid groups (broad SMARTS) is 1. The third-order valence-electron chi connectivity index (χ3n) is 2.56. The highest BCUT2D eigenvalue weighted by Gasteiger charge is 2.04. The maximum atomic E-state index is 10.8. The summed E-state index contributed by atoms with van der Waals surface area (Å²) in [5.41, 5.74) is 0.635. The molecule has 0 aliphatic carbocycles. The van der Waals surface area contributed by atoms with E-state index < -0.39 is 5.97 Å². The number of hydrogen-bond donors (Lipinski definition) is 1. The van der Waals surface area contributed by atoms with Gasteiger partial charge < -0.3 is 14.6 Å². The van der Waals surface area contributed by atoms with Gasteiger partial charge in [-0.15, -0.1) is 0 Å². The Balaban J connectivity index is 1.80. The Hall–Kier alpha value is -3.07. The third-order valence-corrected chi connectivity index (χ3v) is 2.56. The van der Waals surface area contributed by atoms with Crippen LogP contribution >= 0.6 is 0 Å². The number of carboxylic acids is 1. The van der Waals surface area contributed by atoms with Gasteiger partial charge in [-0.2, -0.15) is 5.26 Å². The maximum Gasteiger partial charge on any atom is 0.337 e. The van der Waals surface area contributed by atoms with Crippen LogP contribution in [-0.2, 0) is 0 Å². The lowest BCUT2D eigenvalue weighted by Crippen LogP contribution is -2.09. The van der Waals surface area contributed by atoms with Crippen LogP contribution in [0.3, 0.4) is 0 Å². The Kier molecular flexibility index (Phi) is 4.72. The van der Waals surface area contributed by atoms with Gasteiger partial charge in [0.15, 0.2) is 0 Å². The van der Waals surface area contributed by atoms with Crippen LogP contribution < -0.4 is 9.47 Å². The van der Waals surface area contributed by atoms with Crippen LogP contribution in [0.1, 0.15) is 15.9 Å². The van der Waals surface area contributed by atoms with E-state index in [1.165, 1.54) is 18.5 Å². The van der Waals surface area contributed by atoms with E-state index in [9.17, 15) is 4.79 Å². The molecular formula is C15H12N2O4. The molecule has 1 N–H and O–H groups in total. The zero-order valence-corrected chi connectivity index (χ0v) is 11.0. The topological polar surface area (TPSA) is 92.4 Å². The minimum atomic E-state index is -1.05. The fraction of sp³-hybridized carbons (Fsp3) is 0.133. The SMILES string of the molecule is N#Cc1ccc(OCCOc2cncc(C(=O)O)c2)cc1. The number of ether oxygens (including phenoxy) is 2. The van der Waals surface area contributed by atoms with Crippen LogP contribution in [0.15, 0.2) is 42.7 Å². The van der Waals surface area contributed by atoms with Gasteiger partial charge >= 0.3 is 5.97 Å². The molecule has 0 radical (unpaired) electrons. The van der Waals surface area contributed by atoms with Crippen LogP contribution in [0.5, 0.6) is 11.5 Å². The molecule has 0 atom stereocenters. The number of rotatable bonds is 6. The molecule has 2 aromatic rings. The van der Waals surface area contributed by atoms with Crippen LogP contribution in [0.4, 0.5) is 0 Å². The van der Waals surface area contributed by atoms with E-state index in [2.05, 4.69) is 4.98 Å². The van der Waals surface area contributed by atoms with Gasteiger partial charge in [-0.1, -0.05) is 0 Å². The van der Waals surface area contributed by atoms with E-state index in [1.54, 1.807) is 24.3 Å². The molecule has 1 aromatic heterocycles. The van der Waals surface area contributed by atoms with Crippen molar-refractivity contribution in [3.05, 3.63) is 53.9 Å². The van der Waals surface area contributed by atoms with E-state index in [0.29, 0.717) is 23.7 Å². The molecule has 6 nitrogen and oxygen atoms in total. The average molecular weight is 284 g/mol. The number of aromatic carboxylic acids is 1. The minimum absolute atomic E-state index is 0.0699. The third kappa shape index (κ3) is 4.21. The van der Waals surface area contributed by atoms with Gasteiger partial charge in [-0.05, 0) is 30.3 Å². The molecule has 2 rings (SSSR count). The van der Waals surface area contributed by atoms with Crippen molar-refractivity contribution in [2.24, 2.45) is 0 Å². The molecule has 0 amide bonds. The van der Waals surface area contributed by atoms with Gasteiger partial charge in [0.1, 0.15) is 24.7 Å². The molecule has 0 aliphatic rings. The average Bonchev–Trinajstić information content (AvgIpc) is 2.52. The first kappa shape index (κ1) is 14.3. The Bertz CT molecular complexity index is 662. The molecule has 0 bridgehead atoms. The van der Waals surface area contributed by atoms with Crippen LogP contribution in [0.2, 0.25) is 0 Å². The predicted octanol–water partition coefficient (Wildman–Crippen LogP) is 2.11. The van der Waals surface area contributed by atoms with Crippen molar-refractivity contribution >= 4 is 5.97 Å². The van der Waals surface area contributed by atoms with Crippen molar-refractivity contribution < 1.29 is 19.4 Å². The Morgan fingerprint density at radius 3 is 2.43 bits per heavy atom. The van der Waals surface area contributed by atoms with Crippen LogP contribution in [-0.4, -0.2) is 29.3 Å². The monoisotopic (exact) mass is 284 g/mol. The summed E-state index contributed by atoms with van der Waals surface area (Å²) in [4.78, 5) is 14.6. The largest absolute Gasteiger partial charge is 0.490 e.